The summed E-state index contributed by atoms with van der Waals surface area (Å²) in [5, 5.41) is 15.0. The summed E-state index contributed by atoms with van der Waals surface area (Å²) in [6.07, 6.45) is 2.41. The van der Waals surface area contributed by atoms with Gasteiger partial charge >= 0.3 is 0 Å². The highest BCUT2D eigenvalue weighted by Crippen LogP contribution is 2.29. The molecule has 5 heteroatoms. The van der Waals surface area contributed by atoms with Gasteiger partial charge in [-0.05, 0) is 18.9 Å². The maximum atomic E-state index is 10.9. The second-order valence-electron chi connectivity index (χ2n) is 4.51. The Morgan fingerprint density at radius 3 is 2.68 bits per heavy atom. The molecule has 0 bridgehead atoms. The van der Waals surface area contributed by atoms with Crippen molar-refractivity contribution in [3.63, 3.8) is 0 Å². The van der Waals surface area contributed by atoms with Gasteiger partial charge in [0.05, 0.1) is 5.60 Å². The van der Waals surface area contributed by atoms with Gasteiger partial charge in [-0.15, -0.1) is 11.6 Å². The minimum atomic E-state index is -0.997. The number of halogens is 1. The zero-order chi connectivity index (χ0) is 13.7. The third-order valence-corrected chi connectivity index (χ3v) is 3.45. The van der Waals surface area contributed by atoms with Gasteiger partial charge in [0.2, 0.25) is 0 Å². The molecule has 4 nitrogen and oxygen atoms in total. The standard InChI is InChI=1S/C14H18ClN3O/c1-2-18-13(16-11-17-18)10-14(19,8-9-15)12-6-4-3-5-7-12/h3-7,11,19H,2,8-10H2,1H3. The lowest BCUT2D eigenvalue weighted by atomic mass is 9.87. The zero-order valence-corrected chi connectivity index (χ0v) is 11.7. The Morgan fingerprint density at radius 1 is 1.32 bits per heavy atom. The third kappa shape index (κ3) is 3.14. The largest absolute Gasteiger partial charge is 0.385 e. The average Bonchev–Trinajstić information content (AvgIpc) is 2.87. The average molecular weight is 280 g/mol. The summed E-state index contributed by atoms with van der Waals surface area (Å²) in [4.78, 5) is 4.23. The molecule has 1 aromatic heterocycles. The molecule has 0 saturated heterocycles. The Labute approximate surface area is 118 Å². The van der Waals surface area contributed by atoms with Gasteiger partial charge in [-0.3, -0.25) is 4.68 Å². The molecule has 1 atom stereocenters. The molecule has 19 heavy (non-hydrogen) atoms. The van der Waals surface area contributed by atoms with E-state index in [0.717, 1.165) is 17.9 Å². The molecule has 2 rings (SSSR count). The molecule has 102 valence electrons. The minimum absolute atomic E-state index is 0.395. The van der Waals surface area contributed by atoms with Crippen molar-refractivity contribution in [3.05, 3.63) is 48.0 Å². The summed E-state index contributed by atoms with van der Waals surface area (Å²) in [6.45, 7) is 2.74. The van der Waals surface area contributed by atoms with Gasteiger partial charge in [0.15, 0.2) is 0 Å². The van der Waals surface area contributed by atoms with Crippen LogP contribution < -0.4 is 0 Å². The van der Waals surface area contributed by atoms with Crippen LogP contribution in [0.2, 0.25) is 0 Å². The molecule has 1 heterocycles. The second kappa shape index (κ2) is 6.17. The molecule has 1 unspecified atom stereocenters. The van der Waals surface area contributed by atoms with Crippen LogP contribution in [0.25, 0.3) is 0 Å². The molecule has 1 aromatic carbocycles. The van der Waals surface area contributed by atoms with Crippen LogP contribution in [0.1, 0.15) is 24.7 Å². The normalized spacial score (nSPS) is 14.3. The van der Waals surface area contributed by atoms with Gasteiger partial charge < -0.3 is 5.11 Å². The molecular formula is C14H18ClN3O. The molecule has 0 saturated carbocycles. The highest BCUT2D eigenvalue weighted by molar-refractivity contribution is 6.17. The topological polar surface area (TPSA) is 50.9 Å². The molecule has 0 aliphatic heterocycles. The van der Waals surface area contributed by atoms with Gasteiger partial charge in [0, 0.05) is 18.8 Å². The van der Waals surface area contributed by atoms with Crippen molar-refractivity contribution < 1.29 is 5.11 Å². The molecule has 0 aliphatic rings. The number of hydrogen-bond acceptors (Lipinski definition) is 3. The quantitative estimate of drug-likeness (QED) is 0.826. The van der Waals surface area contributed by atoms with Crippen LogP contribution in [0.4, 0.5) is 0 Å². The van der Waals surface area contributed by atoms with E-state index in [2.05, 4.69) is 10.1 Å². The van der Waals surface area contributed by atoms with Crippen molar-refractivity contribution in [3.8, 4) is 0 Å². The summed E-state index contributed by atoms with van der Waals surface area (Å²) in [6, 6.07) is 9.59. The fraction of sp³-hybridized carbons (Fsp3) is 0.429. The summed E-state index contributed by atoms with van der Waals surface area (Å²) >= 11 is 5.85. The zero-order valence-electron chi connectivity index (χ0n) is 11.0. The maximum Gasteiger partial charge on any atom is 0.138 e. The Balaban J connectivity index is 2.30. The van der Waals surface area contributed by atoms with Crippen molar-refractivity contribution >= 4 is 11.6 Å². The number of aliphatic hydroxyl groups is 1. The van der Waals surface area contributed by atoms with E-state index < -0.39 is 5.60 Å². The summed E-state index contributed by atoms with van der Waals surface area (Å²) in [5.41, 5.74) is -0.135. The van der Waals surface area contributed by atoms with Gasteiger partial charge in [-0.2, -0.15) is 5.10 Å². The summed E-state index contributed by atoms with van der Waals surface area (Å²) < 4.78 is 1.79. The van der Waals surface area contributed by atoms with E-state index in [1.54, 1.807) is 4.68 Å². The van der Waals surface area contributed by atoms with Crippen molar-refractivity contribution in [1.29, 1.82) is 0 Å². The Hall–Kier alpha value is -1.39. The Bertz CT molecular complexity index is 514. The number of aromatic nitrogens is 3. The van der Waals surface area contributed by atoms with E-state index in [9.17, 15) is 5.11 Å². The lowest BCUT2D eigenvalue weighted by Crippen LogP contribution is -2.30. The van der Waals surface area contributed by atoms with Crippen molar-refractivity contribution in [1.82, 2.24) is 14.8 Å². The number of nitrogens with zero attached hydrogens (tertiary/aromatic N) is 3. The van der Waals surface area contributed by atoms with E-state index in [-0.39, 0.29) is 0 Å². The Kier molecular flexibility index (Phi) is 4.56. The summed E-state index contributed by atoms with van der Waals surface area (Å²) in [5.74, 6) is 1.17. The number of hydrogen-bond donors (Lipinski definition) is 1. The van der Waals surface area contributed by atoms with E-state index in [1.807, 2.05) is 37.3 Å². The molecular weight excluding hydrogens is 262 g/mol. The van der Waals surface area contributed by atoms with Gasteiger partial charge in [-0.1, -0.05) is 30.3 Å². The van der Waals surface area contributed by atoms with Crippen molar-refractivity contribution in [2.24, 2.45) is 0 Å². The number of rotatable bonds is 6. The van der Waals surface area contributed by atoms with Gasteiger partial charge in [0.1, 0.15) is 12.2 Å². The number of benzene rings is 1. The monoisotopic (exact) mass is 279 g/mol. The first kappa shape index (κ1) is 14.0. The van der Waals surface area contributed by atoms with Crippen molar-refractivity contribution in [2.75, 3.05) is 5.88 Å². The van der Waals surface area contributed by atoms with Crippen molar-refractivity contribution in [2.45, 2.75) is 31.9 Å². The highest BCUT2D eigenvalue weighted by atomic mass is 35.5. The molecule has 0 radical (unpaired) electrons. The third-order valence-electron chi connectivity index (χ3n) is 3.27. The first-order chi connectivity index (χ1) is 9.19. The van der Waals surface area contributed by atoms with E-state index >= 15 is 0 Å². The highest BCUT2D eigenvalue weighted by Gasteiger charge is 2.30. The maximum absolute atomic E-state index is 10.9. The van der Waals surface area contributed by atoms with Crippen LogP contribution >= 0.6 is 11.6 Å². The predicted molar refractivity (Wildman–Crippen MR) is 75.1 cm³/mol. The summed E-state index contributed by atoms with van der Waals surface area (Å²) in [7, 11) is 0. The van der Waals surface area contributed by atoms with Crippen LogP contribution in [-0.2, 0) is 18.6 Å². The molecule has 1 N–H and O–H groups in total. The fourth-order valence-corrected chi connectivity index (χ4v) is 2.50. The van der Waals surface area contributed by atoms with Crippen LogP contribution in [0.15, 0.2) is 36.7 Å². The second-order valence-corrected chi connectivity index (χ2v) is 4.88. The molecule has 0 fully saturated rings. The van der Waals surface area contributed by atoms with Crippen LogP contribution in [-0.4, -0.2) is 25.8 Å². The van der Waals surface area contributed by atoms with Crippen LogP contribution in [0, 0.1) is 0 Å². The number of aryl methyl sites for hydroxylation is 1. The van der Waals surface area contributed by atoms with Gasteiger partial charge in [0.25, 0.3) is 0 Å². The van der Waals surface area contributed by atoms with Gasteiger partial charge in [-0.25, -0.2) is 4.98 Å². The molecule has 2 aromatic rings. The van der Waals surface area contributed by atoms with E-state index in [4.69, 9.17) is 11.6 Å². The predicted octanol–water partition coefficient (Wildman–Crippen LogP) is 2.36. The van der Waals surface area contributed by atoms with E-state index in [1.165, 1.54) is 6.33 Å². The van der Waals surface area contributed by atoms with Crippen LogP contribution in [0.5, 0.6) is 0 Å². The first-order valence-electron chi connectivity index (χ1n) is 6.40. The molecule has 0 spiro atoms. The molecule has 0 amide bonds. The lowest BCUT2D eigenvalue weighted by molar-refractivity contribution is 0.0306. The lowest BCUT2D eigenvalue weighted by Gasteiger charge is -2.27. The van der Waals surface area contributed by atoms with Crippen LogP contribution in [0.3, 0.4) is 0 Å². The SMILES string of the molecule is CCn1ncnc1CC(O)(CCCl)c1ccccc1. The molecule has 0 aliphatic carbocycles. The smallest absolute Gasteiger partial charge is 0.138 e. The van der Waals surface area contributed by atoms with E-state index in [0.29, 0.717) is 18.7 Å². The first-order valence-corrected chi connectivity index (χ1v) is 6.93. The Morgan fingerprint density at radius 2 is 2.05 bits per heavy atom. The fourth-order valence-electron chi connectivity index (χ4n) is 2.19. The minimum Gasteiger partial charge on any atom is -0.385 e. The number of alkyl halides is 1.